The van der Waals surface area contributed by atoms with E-state index in [0.29, 0.717) is 31.2 Å². The summed E-state index contributed by atoms with van der Waals surface area (Å²) in [5.74, 6) is 1.22. The first-order chi connectivity index (χ1) is 17.0. The second kappa shape index (κ2) is 10.0. The van der Waals surface area contributed by atoms with Gasteiger partial charge in [0, 0.05) is 62.5 Å². The molecule has 2 aromatic rings. The topological polar surface area (TPSA) is 70.9 Å². The summed E-state index contributed by atoms with van der Waals surface area (Å²) in [7, 11) is 1.44. The average Bonchev–Trinajstić information content (AvgIpc) is 3.31. The first kappa shape index (κ1) is 23.9. The van der Waals surface area contributed by atoms with Crippen LogP contribution in [0.15, 0.2) is 30.3 Å². The van der Waals surface area contributed by atoms with Gasteiger partial charge >= 0.3 is 6.09 Å². The first-order valence-electron chi connectivity index (χ1n) is 12.9. The summed E-state index contributed by atoms with van der Waals surface area (Å²) in [6, 6.07) is 11.4. The molecule has 2 bridgehead atoms. The molecule has 8 heteroatoms. The van der Waals surface area contributed by atoms with E-state index in [1.54, 1.807) is 11.8 Å². The highest BCUT2D eigenvalue weighted by Gasteiger charge is 2.42. The Hall–Kier alpha value is -2.87. The molecule has 0 radical (unpaired) electrons. The molecule has 2 atom stereocenters. The molecule has 5 rings (SSSR count). The molecule has 0 spiro atoms. The molecular weight excluding hydrogens is 442 g/mol. The van der Waals surface area contributed by atoms with E-state index < -0.39 is 0 Å². The molecule has 8 nitrogen and oxygen atoms in total. The van der Waals surface area contributed by atoms with Crippen molar-refractivity contribution in [1.82, 2.24) is 19.4 Å². The van der Waals surface area contributed by atoms with Crippen LogP contribution >= 0.6 is 0 Å². The highest BCUT2D eigenvalue weighted by Crippen LogP contribution is 2.42. The van der Waals surface area contributed by atoms with Crippen LogP contribution in [0.3, 0.4) is 0 Å². The zero-order valence-corrected chi connectivity index (χ0v) is 21.2. The summed E-state index contributed by atoms with van der Waals surface area (Å²) >= 11 is 0. The van der Waals surface area contributed by atoms with E-state index in [9.17, 15) is 9.59 Å². The number of aromatic nitrogens is 2. The second-order valence-electron chi connectivity index (χ2n) is 10.2. The number of carbonyl (C=O) groups is 2. The molecule has 3 aliphatic heterocycles. The summed E-state index contributed by atoms with van der Waals surface area (Å²) in [6.45, 7) is 6.84. The lowest BCUT2D eigenvalue weighted by molar-refractivity contribution is -0.129. The highest BCUT2D eigenvalue weighted by molar-refractivity contribution is 5.87. The predicted molar refractivity (Wildman–Crippen MR) is 134 cm³/mol. The molecule has 35 heavy (non-hydrogen) atoms. The van der Waals surface area contributed by atoms with Crippen molar-refractivity contribution in [1.29, 1.82) is 0 Å². The SMILES string of the molecule is COC(=O)N(CCCN1C2CCC1CC(n1c(C)nc3c1CCN(C(C)=O)C3)C2)c1ccccc1. The number of hydrogen-bond acceptors (Lipinski definition) is 5. The predicted octanol–water partition coefficient (Wildman–Crippen LogP) is 3.93. The standard InChI is InChI=1S/C27H37N5O3/c1-19-28-25-18-29(20(2)33)15-12-26(25)32(19)24-16-22-10-11-23(17-24)30(22)13-7-14-31(27(34)35-3)21-8-5-4-6-9-21/h4-6,8-9,22-24H,7,10-18H2,1-3H3. The van der Waals surface area contributed by atoms with Gasteiger partial charge in [0.05, 0.1) is 19.3 Å². The van der Waals surface area contributed by atoms with Gasteiger partial charge < -0.3 is 14.2 Å². The van der Waals surface area contributed by atoms with Gasteiger partial charge in [-0.05, 0) is 51.2 Å². The molecule has 0 N–H and O–H groups in total. The maximum absolute atomic E-state index is 12.4. The van der Waals surface area contributed by atoms with Crippen molar-refractivity contribution in [2.45, 2.75) is 77.0 Å². The molecule has 2 amide bonds. The van der Waals surface area contributed by atoms with Gasteiger partial charge in [-0.15, -0.1) is 0 Å². The lowest BCUT2D eigenvalue weighted by Crippen LogP contribution is -2.45. The van der Waals surface area contributed by atoms with Crippen LogP contribution in [0.5, 0.6) is 0 Å². The molecule has 0 aliphatic carbocycles. The molecular formula is C27H37N5O3. The fraction of sp³-hybridized carbons (Fsp3) is 0.593. The zero-order valence-electron chi connectivity index (χ0n) is 21.2. The van der Waals surface area contributed by atoms with Crippen LogP contribution in [0.25, 0.3) is 0 Å². The first-order valence-corrected chi connectivity index (χ1v) is 12.9. The van der Waals surface area contributed by atoms with Gasteiger partial charge in [0.15, 0.2) is 0 Å². The molecule has 1 aromatic carbocycles. The summed E-state index contributed by atoms with van der Waals surface area (Å²) in [6.07, 6.45) is 6.30. The summed E-state index contributed by atoms with van der Waals surface area (Å²) < 4.78 is 7.54. The maximum Gasteiger partial charge on any atom is 0.413 e. The minimum absolute atomic E-state index is 0.132. The van der Waals surface area contributed by atoms with Crippen molar-refractivity contribution in [3.05, 3.63) is 47.5 Å². The number of hydrogen-bond donors (Lipinski definition) is 0. The Bertz CT molecular complexity index is 1050. The van der Waals surface area contributed by atoms with E-state index in [2.05, 4.69) is 16.4 Å². The van der Waals surface area contributed by atoms with E-state index in [0.717, 1.165) is 56.0 Å². The van der Waals surface area contributed by atoms with Gasteiger partial charge in [-0.1, -0.05) is 18.2 Å². The number of piperidine rings is 1. The number of ether oxygens (including phenoxy) is 1. The van der Waals surface area contributed by atoms with Gasteiger partial charge in [-0.25, -0.2) is 9.78 Å². The smallest absolute Gasteiger partial charge is 0.413 e. The third-order valence-corrected chi connectivity index (χ3v) is 8.16. The summed E-state index contributed by atoms with van der Waals surface area (Å²) in [5.41, 5.74) is 3.31. The number of fused-ring (bicyclic) bond motifs is 3. The largest absolute Gasteiger partial charge is 0.452 e. The van der Waals surface area contributed by atoms with Crippen LogP contribution in [0.4, 0.5) is 10.5 Å². The average molecular weight is 480 g/mol. The molecule has 1 aromatic heterocycles. The Morgan fingerprint density at radius 2 is 1.83 bits per heavy atom. The zero-order chi connectivity index (χ0) is 24.5. The van der Waals surface area contributed by atoms with Crippen LogP contribution in [0, 0.1) is 6.92 Å². The van der Waals surface area contributed by atoms with Gasteiger partial charge in [-0.2, -0.15) is 0 Å². The fourth-order valence-corrected chi connectivity index (χ4v) is 6.57. The molecule has 4 heterocycles. The van der Waals surface area contributed by atoms with Crippen molar-refractivity contribution in [3.8, 4) is 0 Å². The van der Waals surface area contributed by atoms with Crippen LogP contribution in [0.1, 0.15) is 62.3 Å². The van der Waals surface area contributed by atoms with E-state index in [1.807, 2.05) is 35.2 Å². The number of carbonyl (C=O) groups excluding carboxylic acids is 2. The number of rotatable bonds is 6. The third kappa shape index (κ3) is 4.68. The van der Waals surface area contributed by atoms with Crippen molar-refractivity contribution in [2.24, 2.45) is 0 Å². The number of amides is 2. The Kier molecular flexibility index (Phi) is 6.82. The van der Waals surface area contributed by atoms with Gasteiger partial charge in [0.1, 0.15) is 5.82 Å². The van der Waals surface area contributed by atoms with Crippen LogP contribution < -0.4 is 4.90 Å². The number of nitrogens with zero attached hydrogens (tertiary/aromatic N) is 5. The van der Waals surface area contributed by atoms with Gasteiger partial charge in [-0.3, -0.25) is 14.6 Å². The Morgan fingerprint density at radius 1 is 1.11 bits per heavy atom. The molecule has 2 fully saturated rings. The third-order valence-electron chi connectivity index (χ3n) is 8.16. The van der Waals surface area contributed by atoms with E-state index in [4.69, 9.17) is 9.72 Å². The van der Waals surface area contributed by atoms with Crippen molar-refractivity contribution in [3.63, 3.8) is 0 Å². The number of benzene rings is 1. The van der Waals surface area contributed by atoms with Crippen molar-refractivity contribution < 1.29 is 14.3 Å². The second-order valence-corrected chi connectivity index (χ2v) is 10.2. The summed E-state index contributed by atoms with van der Waals surface area (Å²) in [5, 5.41) is 0. The molecule has 188 valence electrons. The molecule has 2 saturated heterocycles. The molecule has 0 saturated carbocycles. The Balaban J connectivity index is 1.23. The number of anilines is 1. The maximum atomic E-state index is 12.4. The van der Waals surface area contributed by atoms with Crippen molar-refractivity contribution in [2.75, 3.05) is 31.6 Å². The Morgan fingerprint density at radius 3 is 2.49 bits per heavy atom. The normalized spacial score (nSPS) is 23.7. The van der Waals surface area contributed by atoms with Crippen molar-refractivity contribution >= 4 is 17.7 Å². The number of imidazole rings is 1. The number of methoxy groups -OCH3 is 1. The van der Waals surface area contributed by atoms with Crippen LogP contribution in [0.2, 0.25) is 0 Å². The Labute approximate surface area is 207 Å². The number of aryl methyl sites for hydroxylation is 1. The quantitative estimate of drug-likeness (QED) is 0.628. The monoisotopic (exact) mass is 479 g/mol. The van der Waals surface area contributed by atoms with E-state index in [-0.39, 0.29) is 12.0 Å². The molecule has 3 aliphatic rings. The van der Waals surface area contributed by atoms with E-state index >= 15 is 0 Å². The van der Waals surface area contributed by atoms with Gasteiger partial charge in [0.25, 0.3) is 0 Å². The molecule has 2 unspecified atom stereocenters. The highest BCUT2D eigenvalue weighted by atomic mass is 16.5. The lowest BCUT2D eigenvalue weighted by atomic mass is 9.95. The minimum Gasteiger partial charge on any atom is -0.452 e. The number of para-hydroxylation sites is 1. The minimum atomic E-state index is -0.304. The fourth-order valence-electron chi connectivity index (χ4n) is 6.57. The van der Waals surface area contributed by atoms with Crippen LogP contribution in [-0.2, 0) is 22.5 Å². The van der Waals surface area contributed by atoms with Gasteiger partial charge in [0.2, 0.25) is 5.91 Å². The van der Waals surface area contributed by atoms with Crippen LogP contribution in [-0.4, -0.2) is 70.2 Å². The summed E-state index contributed by atoms with van der Waals surface area (Å²) in [4.78, 5) is 35.4. The lowest BCUT2D eigenvalue weighted by Gasteiger charge is -2.41. The van der Waals surface area contributed by atoms with E-state index in [1.165, 1.54) is 25.6 Å².